The van der Waals surface area contributed by atoms with Gasteiger partial charge in [0.25, 0.3) is 0 Å². The fraction of sp³-hybridized carbons (Fsp3) is 0.804. The minimum atomic E-state index is -1.52. The van der Waals surface area contributed by atoms with E-state index in [-0.39, 0.29) is 55.9 Å². The summed E-state index contributed by atoms with van der Waals surface area (Å²) in [5.41, 5.74) is 0. The lowest BCUT2D eigenvalue weighted by Crippen LogP contribution is -2.61. The SMILES string of the molecule is CCCCCCCCCCCCNC(=O)CN1CCC(=O)NC(CCC(=O)O)C(=O)N[C@@H](CC(C)C)C(=O)N[C@H](CC(C)C)C(=O)N[C@@H](C(C)C)C(=O)N[C@@H](CCC(=O)O)C(=O)NC(CC(C)C)C(=O)N[C@@H](CC(C)C)C1=O. The fourth-order valence-electron chi connectivity index (χ4n) is 9.07. The van der Waals surface area contributed by atoms with Crippen molar-refractivity contribution in [2.45, 2.75) is 240 Å². The molecule has 9 amide bonds. The van der Waals surface area contributed by atoms with Crippen LogP contribution in [0.1, 0.15) is 198 Å². The molecule has 10 N–H and O–H groups in total. The van der Waals surface area contributed by atoms with Crippen molar-refractivity contribution in [3.8, 4) is 0 Å². The number of carboxylic acids is 2. The molecule has 1 saturated heterocycles. The van der Waals surface area contributed by atoms with Crippen LogP contribution in [0.4, 0.5) is 0 Å². The molecular weight excluding hydrogens is 1010 g/mol. The van der Waals surface area contributed by atoms with Gasteiger partial charge in [-0.2, -0.15) is 0 Å². The Hall–Kier alpha value is -5.83. The summed E-state index contributed by atoms with van der Waals surface area (Å²) in [5.74, 6) is -11.1. The molecule has 0 aromatic rings. The van der Waals surface area contributed by atoms with E-state index in [1.165, 1.54) is 32.1 Å². The first kappa shape index (κ1) is 70.2. The van der Waals surface area contributed by atoms with E-state index in [0.717, 1.165) is 30.6 Å². The number of carbonyl (C=O) groups is 11. The van der Waals surface area contributed by atoms with Gasteiger partial charge in [-0.15, -0.1) is 0 Å². The first-order chi connectivity index (χ1) is 36.6. The quantitative estimate of drug-likeness (QED) is 0.0492. The summed E-state index contributed by atoms with van der Waals surface area (Å²) in [5, 5.41) is 40.8. The Morgan fingerprint density at radius 1 is 0.487 bits per heavy atom. The second-order valence-electron chi connectivity index (χ2n) is 23.1. The molecule has 0 aromatic heterocycles. The topological polar surface area (TPSA) is 328 Å². The maximum atomic E-state index is 14.7. The third kappa shape index (κ3) is 29.8. The minimum absolute atomic E-state index is 0.0350. The Balaban J connectivity index is 3.94. The Morgan fingerprint density at radius 2 is 0.846 bits per heavy atom. The van der Waals surface area contributed by atoms with Crippen molar-refractivity contribution in [3.63, 3.8) is 0 Å². The van der Waals surface area contributed by atoms with Gasteiger partial charge in [-0.3, -0.25) is 52.7 Å². The molecule has 22 nitrogen and oxygen atoms in total. The number of hydrogen-bond acceptors (Lipinski definition) is 11. The van der Waals surface area contributed by atoms with Crippen molar-refractivity contribution in [2.24, 2.45) is 29.6 Å². The average molecular weight is 1110 g/mol. The maximum absolute atomic E-state index is 14.7. The van der Waals surface area contributed by atoms with Gasteiger partial charge >= 0.3 is 11.9 Å². The molecule has 1 aliphatic rings. The fourth-order valence-corrected chi connectivity index (χ4v) is 9.07. The first-order valence-electron chi connectivity index (χ1n) is 28.8. The Morgan fingerprint density at radius 3 is 1.26 bits per heavy atom. The summed E-state index contributed by atoms with van der Waals surface area (Å²) >= 11 is 0. The molecule has 0 aromatic carbocycles. The summed E-state index contributed by atoms with van der Waals surface area (Å²) in [7, 11) is 0. The number of carbonyl (C=O) groups excluding carboxylic acids is 9. The molecule has 0 spiro atoms. The summed E-state index contributed by atoms with van der Waals surface area (Å²) < 4.78 is 0. The molecule has 446 valence electrons. The van der Waals surface area contributed by atoms with E-state index in [2.05, 4.69) is 49.5 Å². The highest BCUT2D eigenvalue weighted by Gasteiger charge is 2.37. The van der Waals surface area contributed by atoms with Gasteiger partial charge in [-0.05, 0) is 74.5 Å². The van der Waals surface area contributed by atoms with Crippen molar-refractivity contribution >= 4 is 65.1 Å². The molecule has 22 heteroatoms. The van der Waals surface area contributed by atoms with Crippen LogP contribution in [0.15, 0.2) is 0 Å². The zero-order chi connectivity index (χ0) is 59.1. The van der Waals surface area contributed by atoms with Gasteiger partial charge in [0.1, 0.15) is 42.3 Å². The van der Waals surface area contributed by atoms with Crippen molar-refractivity contribution in [2.75, 3.05) is 19.6 Å². The number of hydrogen-bond donors (Lipinski definition) is 10. The Labute approximate surface area is 463 Å². The van der Waals surface area contributed by atoms with Gasteiger partial charge in [-0.1, -0.05) is 134 Å². The standard InChI is InChI=1S/C56H99N9O13/c1-12-13-14-15-16-17-18-19-20-21-27-57-46(67)33-65-28-26-45(66)58-39(22-24-47(68)69)50(72)60-41(29-34(2)3)52(74)62-43(31-36(6)7)54(76)64-49(38(10)11)55(77)59-40(23-25-48(70)71)51(73)61-42(30-35(4)5)53(75)63-44(56(65)78)32-37(8)9/h34-44,49H,12-33H2,1-11H3,(H,57,67)(H,58,66)(H,59,77)(H,60,72)(H,61,73)(H,62,74)(H,63,75)(H,64,76)(H,68,69)(H,70,71)/t39?,40-,41-,42?,43+,44-,49-/m0/s1. The molecule has 1 aliphatic heterocycles. The number of carboxylic acid groups (broad SMARTS) is 2. The highest BCUT2D eigenvalue weighted by molar-refractivity contribution is 5.98. The molecule has 0 aliphatic carbocycles. The molecule has 7 atom stereocenters. The van der Waals surface area contributed by atoms with E-state index in [0.29, 0.717) is 13.0 Å². The third-order valence-electron chi connectivity index (χ3n) is 13.3. The number of nitrogens with zero attached hydrogens (tertiary/aromatic N) is 1. The monoisotopic (exact) mass is 1110 g/mol. The van der Waals surface area contributed by atoms with Crippen LogP contribution in [0.25, 0.3) is 0 Å². The number of unbranched alkanes of at least 4 members (excludes halogenated alkanes) is 9. The van der Waals surface area contributed by atoms with Crippen molar-refractivity contribution in [1.29, 1.82) is 0 Å². The molecule has 0 bridgehead atoms. The van der Waals surface area contributed by atoms with E-state index in [1.807, 2.05) is 13.8 Å². The van der Waals surface area contributed by atoms with Crippen LogP contribution < -0.4 is 42.5 Å². The largest absolute Gasteiger partial charge is 0.481 e. The molecule has 0 radical (unpaired) electrons. The minimum Gasteiger partial charge on any atom is -0.481 e. The van der Waals surface area contributed by atoms with Gasteiger partial charge in [0.05, 0.1) is 6.54 Å². The zero-order valence-electron chi connectivity index (χ0n) is 48.8. The first-order valence-corrected chi connectivity index (χ1v) is 28.8. The normalized spacial score (nSPS) is 22.3. The van der Waals surface area contributed by atoms with Crippen LogP contribution in [0.2, 0.25) is 0 Å². The highest BCUT2D eigenvalue weighted by atomic mass is 16.4. The van der Waals surface area contributed by atoms with E-state index >= 15 is 0 Å². The number of rotatable bonds is 28. The van der Waals surface area contributed by atoms with Crippen molar-refractivity contribution in [3.05, 3.63) is 0 Å². The van der Waals surface area contributed by atoms with Crippen LogP contribution in [0.3, 0.4) is 0 Å². The van der Waals surface area contributed by atoms with Crippen molar-refractivity contribution < 1.29 is 63.0 Å². The van der Waals surface area contributed by atoms with Crippen LogP contribution in [-0.2, 0) is 52.7 Å². The van der Waals surface area contributed by atoms with Crippen molar-refractivity contribution in [1.82, 2.24) is 47.4 Å². The van der Waals surface area contributed by atoms with Gasteiger partial charge in [0, 0.05) is 32.4 Å². The summed E-state index contributed by atoms with van der Waals surface area (Å²) in [6.07, 6.45) is 8.68. The lowest BCUT2D eigenvalue weighted by Gasteiger charge is -2.31. The van der Waals surface area contributed by atoms with Gasteiger partial charge in [0.15, 0.2) is 0 Å². The predicted molar refractivity (Wildman–Crippen MR) is 296 cm³/mol. The Bertz CT molecular complexity index is 1950. The summed E-state index contributed by atoms with van der Waals surface area (Å²) in [6, 6.07) is -9.52. The van der Waals surface area contributed by atoms with E-state index < -0.39 is 152 Å². The average Bonchev–Trinajstić information content (AvgIpc) is 3.33. The number of nitrogens with one attached hydrogen (secondary N) is 8. The van der Waals surface area contributed by atoms with Gasteiger partial charge in [-0.25, -0.2) is 0 Å². The van der Waals surface area contributed by atoms with E-state index in [1.54, 1.807) is 55.4 Å². The lowest BCUT2D eigenvalue weighted by molar-refractivity contribution is -0.141. The third-order valence-corrected chi connectivity index (χ3v) is 13.3. The van der Waals surface area contributed by atoms with E-state index in [9.17, 15) is 63.0 Å². The lowest BCUT2D eigenvalue weighted by atomic mass is 9.98. The van der Waals surface area contributed by atoms with Crippen LogP contribution in [0.5, 0.6) is 0 Å². The highest BCUT2D eigenvalue weighted by Crippen LogP contribution is 2.16. The number of amides is 9. The van der Waals surface area contributed by atoms with Crippen LogP contribution in [0, 0.1) is 29.6 Å². The molecule has 2 unspecified atom stereocenters. The number of aliphatic carboxylic acids is 2. The smallest absolute Gasteiger partial charge is 0.303 e. The second-order valence-corrected chi connectivity index (χ2v) is 23.1. The predicted octanol–water partition coefficient (Wildman–Crippen LogP) is 4.22. The maximum Gasteiger partial charge on any atom is 0.303 e. The molecule has 78 heavy (non-hydrogen) atoms. The van der Waals surface area contributed by atoms with Crippen LogP contribution in [-0.4, -0.2) is 142 Å². The molecular formula is C56H99N9O13. The Kier molecular flexibility index (Phi) is 34.1. The van der Waals surface area contributed by atoms with Gasteiger partial charge < -0.3 is 57.6 Å². The van der Waals surface area contributed by atoms with E-state index in [4.69, 9.17) is 0 Å². The molecule has 1 fully saturated rings. The van der Waals surface area contributed by atoms with Crippen LogP contribution >= 0.6 is 0 Å². The molecule has 0 saturated carbocycles. The zero-order valence-corrected chi connectivity index (χ0v) is 48.8. The second kappa shape index (κ2) is 37.9. The van der Waals surface area contributed by atoms with Gasteiger partial charge in [0.2, 0.25) is 53.2 Å². The molecule has 1 rings (SSSR count). The summed E-state index contributed by atoms with van der Waals surface area (Å²) in [6.45, 7) is 19.2. The summed E-state index contributed by atoms with van der Waals surface area (Å²) in [4.78, 5) is 152. The molecule has 1 heterocycles.